The summed E-state index contributed by atoms with van der Waals surface area (Å²) >= 11 is 0. The molecule has 6 rings (SSSR count). The molecule has 3 amide bonds. The number of carbonyl (C=O) groups excluding carboxylic acids is 2. The fraction of sp³-hybridized carbons (Fsp3) is 0.375. The number of nitrogens with one attached hydrogen (secondary N) is 1. The van der Waals surface area contributed by atoms with Crippen LogP contribution in [0.3, 0.4) is 0 Å². The summed E-state index contributed by atoms with van der Waals surface area (Å²) in [5.41, 5.74) is 4.74. The molecule has 0 unspecified atom stereocenters. The van der Waals surface area contributed by atoms with Crippen molar-refractivity contribution in [3.05, 3.63) is 89.5 Å². The van der Waals surface area contributed by atoms with Crippen LogP contribution in [0.2, 0.25) is 0 Å². The van der Waals surface area contributed by atoms with Crippen LogP contribution >= 0.6 is 0 Å². The van der Waals surface area contributed by atoms with Crippen molar-refractivity contribution in [3.63, 3.8) is 0 Å². The molecule has 1 N–H and O–H groups in total. The van der Waals surface area contributed by atoms with Crippen molar-refractivity contribution in [2.75, 3.05) is 37.5 Å². The maximum absolute atomic E-state index is 13.4. The van der Waals surface area contributed by atoms with Crippen LogP contribution in [0.1, 0.15) is 42.4 Å². The van der Waals surface area contributed by atoms with Crippen LogP contribution in [0.4, 0.5) is 16.2 Å². The van der Waals surface area contributed by atoms with E-state index < -0.39 is 0 Å². The predicted molar refractivity (Wildman–Crippen MR) is 153 cm³/mol. The number of fused-ring (bicyclic) bond motifs is 1. The Balaban J connectivity index is 1.23. The highest BCUT2D eigenvalue weighted by atomic mass is 16.5. The summed E-state index contributed by atoms with van der Waals surface area (Å²) in [4.78, 5) is 32.6. The molecule has 2 heterocycles. The second-order valence-corrected chi connectivity index (χ2v) is 11.4. The quantitative estimate of drug-likeness (QED) is 0.488. The standard InChI is InChI=1S/C32H36N4O3/c1-34(2)32(24-8-5-4-6-9-24)18-16-31(17-19-32)22-36(30(38)33-31)28-11-7-10-27-26(28)20-29(37)35(27)21-23-12-14-25(39-3)15-13-23/h4-15H,16-22H2,1-3H3,(H,33,38). The molecule has 2 fully saturated rings. The Kier molecular flexibility index (Phi) is 6.34. The van der Waals surface area contributed by atoms with Gasteiger partial charge in [0, 0.05) is 16.8 Å². The highest BCUT2D eigenvalue weighted by molar-refractivity contribution is 6.06. The van der Waals surface area contributed by atoms with Gasteiger partial charge in [0.05, 0.1) is 37.8 Å². The van der Waals surface area contributed by atoms with E-state index in [9.17, 15) is 9.59 Å². The Morgan fingerprint density at radius 1 is 0.872 bits per heavy atom. The lowest BCUT2D eigenvalue weighted by Crippen LogP contribution is -2.54. The number of rotatable bonds is 6. The molecule has 0 radical (unpaired) electrons. The second kappa shape index (κ2) is 9.72. The van der Waals surface area contributed by atoms with Gasteiger partial charge >= 0.3 is 6.03 Å². The van der Waals surface area contributed by atoms with Gasteiger partial charge in [0.15, 0.2) is 0 Å². The Morgan fingerprint density at radius 2 is 1.56 bits per heavy atom. The minimum atomic E-state index is -0.264. The van der Waals surface area contributed by atoms with Crippen molar-refractivity contribution in [1.82, 2.24) is 10.2 Å². The van der Waals surface area contributed by atoms with Crippen molar-refractivity contribution in [1.29, 1.82) is 0 Å². The molecule has 0 bridgehead atoms. The first-order chi connectivity index (χ1) is 18.8. The Labute approximate surface area is 230 Å². The van der Waals surface area contributed by atoms with E-state index in [1.165, 1.54) is 5.56 Å². The van der Waals surface area contributed by atoms with Crippen LogP contribution in [-0.4, -0.2) is 50.1 Å². The molecule has 202 valence electrons. The van der Waals surface area contributed by atoms with E-state index in [-0.39, 0.29) is 23.0 Å². The van der Waals surface area contributed by atoms with Crippen molar-refractivity contribution in [3.8, 4) is 5.75 Å². The number of hydrogen-bond acceptors (Lipinski definition) is 4. The summed E-state index contributed by atoms with van der Waals surface area (Å²) in [6, 6.07) is 24.4. The number of ether oxygens (including phenoxy) is 1. The Bertz CT molecular complexity index is 1380. The minimum absolute atomic E-state index is 0.0347. The molecule has 1 spiro atoms. The fourth-order valence-corrected chi connectivity index (χ4v) is 6.79. The smallest absolute Gasteiger partial charge is 0.322 e. The predicted octanol–water partition coefficient (Wildman–Crippen LogP) is 5.08. The fourth-order valence-electron chi connectivity index (χ4n) is 6.79. The van der Waals surface area contributed by atoms with Crippen molar-refractivity contribution in [2.24, 2.45) is 0 Å². The molecule has 7 nitrogen and oxygen atoms in total. The van der Waals surface area contributed by atoms with E-state index in [2.05, 4.69) is 54.6 Å². The van der Waals surface area contributed by atoms with E-state index >= 15 is 0 Å². The van der Waals surface area contributed by atoms with Gasteiger partial charge in [0.2, 0.25) is 5.91 Å². The zero-order valence-corrected chi connectivity index (χ0v) is 22.9. The molecule has 3 aromatic rings. The van der Waals surface area contributed by atoms with Gasteiger partial charge in [0.1, 0.15) is 5.75 Å². The van der Waals surface area contributed by atoms with Crippen LogP contribution in [0.5, 0.6) is 5.75 Å². The summed E-state index contributed by atoms with van der Waals surface area (Å²) in [7, 11) is 5.96. The van der Waals surface area contributed by atoms with Gasteiger partial charge in [-0.3, -0.25) is 14.6 Å². The molecule has 3 aromatic carbocycles. The molecule has 2 aliphatic heterocycles. The summed E-state index contributed by atoms with van der Waals surface area (Å²) in [6.07, 6.45) is 4.05. The highest BCUT2D eigenvalue weighted by Gasteiger charge is 2.50. The third-order valence-corrected chi connectivity index (χ3v) is 9.12. The van der Waals surface area contributed by atoms with Crippen LogP contribution < -0.4 is 19.9 Å². The lowest BCUT2D eigenvalue weighted by molar-refractivity contribution is -0.117. The van der Waals surface area contributed by atoms with Gasteiger partial charge in [-0.05, 0) is 75.2 Å². The zero-order valence-electron chi connectivity index (χ0n) is 22.9. The van der Waals surface area contributed by atoms with Gasteiger partial charge in [-0.25, -0.2) is 4.79 Å². The summed E-state index contributed by atoms with van der Waals surface area (Å²) in [5, 5.41) is 3.37. The van der Waals surface area contributed by atoms with Crippen LogP contribution in [0.15, 0.2) is 72.8 Å². The van der Waals surface area contributed by atoms with E-state index in [0.717, 1.165) is 53.9 Å². The van der Waals surface area contributed by atoms with E-state index in [0.29, 0.717) is 19.5 Å². The van der Waals surface area contributed by atoms with Gasteiger partial charge < -0.3 is 15.0 Å². The second-order valence-electron chi connectivity index (χ2n) is 11.4. The first kappa shape index (κ1) is 25.4. The average molecular weight is 525 g/mol. The maximum Gasteiger partial charge on any atom is 0.322 e. The number of urea groups is 1. The number of carbonyl (C=O) groups is 2. The van der Waals surface area contributed by atoms with E-state index in [1.807, 2.05) is 52.3 Å². The number of hydrogen-bond donors (Lipinski definition) is 1. The molecule has 1 aliphatic carbocycles. The Morgan fingerprint density at radius 3 is 2.23 bits per heavy atom. The maximum atomic E-state index is 13.4. The highest BCUT2D eigenvalue weighted by Crippen LogP contribution is 2.47. The number of nitrogens with zero attached hydrogens (tertiary/aromatic N) is 3. The molecule has 3 aliphatic rings. The lowest BCUT2D eigenvalue weighted by atomic mass is 9.69. The van der Waals surface area contributed by atoms with Crippen LogP contribution in [-0.2, 0) is 23.3 Å². The topological polar surface area (TPSA) is 65.1 Å². The van der Waals surface area contributed by atoms with Crippen molar-refractivity contribution >= 4 is 23.3 Å². The van der Waals surface area contributed by atoms with Crippen molar-refractivity contribution in [2.45, 2.75) is 49.7 Å². The van der Waals surface area contributed by atoms with E-state index in [4.69, 9.17) is 4.74 Å². The largest absolute Gasteiger partial charge is 0.497 e. The number of amides is 3. The first-order valence-corrected chi connectivity index (χ1v) is 13.7. The summed E-state index contributed by atoms with van der Waals surface area (Å²) in [6.45, 7) is 1.11. The molecule has 0 atom stereocenters. The minimum Gasteiger partial charge on any atom is -0.497 e. The van der Waals surface area contributed by atoms with Gasteiger partial charge in [-0.1, -0.05) is 48.5 Å². The third kappa shape index (κ3) is 4.35. The molecule has 1 saturated heterocycles. The number of methoxy groups -OCH3 is 1. The number of benzene rings is 3. The van der Waals surface area contributed by atoms with Gasteiger partial charge in [-0.2, -0.15) is 0 Å². The van der Waals surface area contributed by atoms with Gasteiger partial charge in [0.25, 0.3) is 0 Å². The molecule has 1 saturated carbocycles. The molecular formula is C32H36N4O3. The van der Waals surface area contributed by atoms with Crippen molar-refractivity contribution < 1.29 is 14.3 Å². The average Bonchev–Trinajstić information content (AvgIpc) is 3.45. The lowest BCUT2D eigenvalue weighted by Gasteiger charge is -2.48. The SMILES string of the molecule is COc1ccc(CN2C(=O)Cc3c2cccc3N2CC3(CCC(c4ccccc4)(N(C)C)CC3)NC2=O)cc1. The first-order valence-electron chi connectivity index (χ1n) is 13.7. The Hall–Kier alpha value is -3.84. The normalized spacial score (nSPS) is 24.4. The van der Waals surface area contributed by atoms with E-state index in [1.54, 1.807) is 7.11 Å². The molecule has 7 heteroatoms. The molecule has 39 heavy (non-hydrogen) atoms. The zero-order chi connectivity index (χ0) is 27.2. The number of anilines is 2. The monoisotopic (exact) mass is 524 g/mol. The summed E-state index contributed by atoms with van der Waals surface area (Å²) in [5.74, 6) is 0.844. The van der Waals surface area contributed by atoms with Crippen LogP contribution in [0, 0.1) is 0 Å². The van der Waals surface area contributed by atoms with Crippen LogP contribution in [0.25, 0.3) is 0 Å². The van der Waals surface area contributed by atoms with Gasteiger partial charge in [-0.15, -0.1) is 0 Å². The summed E-state index contributed by atoms with van der Waals surface area (Å²) < 4.78 is 5.27. The third-order valence-electron chi connectivity index (χ3n) is 9.12. The molecule has 0 aromatic heterocycles. The molecular weight excluding hydrogens is 488 g/mol.